The maximum atomic E-state index is 6.28. The molecular weight excluding hydrogens is 290 g/mol. The number of nitrogens with two attached hydrogens (primary N) is 2. The lowest BCUT2D eigenvalue weighted by Crippen LogP contribution is -2.35. The van der Waals surface area contributed by atoms with Crippen LogP contribution in [0.15, 0.2) is 24.3 Å². The van der Waals surface area contributed by atoms with Crippen LogP contribution in [0.4, 0.5) is 5.82 Å². The summed E-state index contributed by atoms with van der Waals surface area (Å²) >= 11 is 0. The van der Waals surface area contributed by atoms with Crippen molar-refractivity contribution in [3.63, 3.8) is 0 Å². The van der Waals surface area contributed by atoms with Gasteiger partial charge in [0.15, 0.2) is 5.82 Å². The van der Waals surface area contributed by atoms with Crippen molar-refractivity contribution >= 4 is 27.6 Å². The van der Waals surface area contributed by atoms with Crippen LogP contribution in [0.1, 0.15) is 19.5 Å². The number of nitrogens with zero attached hydrogens (tertiary/aromatic N) is 3. The number of hydrogen-bond acceptors (Lipinski definition) is 5. The summed E-state index contributed by atoms with van der Waals surface area (Å²) in [6.45, 7) is 5.26. The molecule has 6 nitrogen and oxygen atoms in total. The van der Waals surface area contributed by atoms with E-state index in [0.717, 1.165) is 27.5 Å². The van der Waals surface area contributed by atoms with E-state index in [-0.39, 0.29) is 5.54 Å². The van der Waals surface area contributed by atoms with Gasteiger partial charge in [-0.25, -0.2) is 4.98 Å². The molecule has 0 atom stereocenters. The van der Waals surface area contributed by atoms with Crippen molar-refractivity contribution < 1.29 is 4.74 Å². The highest BCUT2D eigenvalue weighted by Crippen LogP contribution is 2.31. The lowest BCUT2D eigenvalue weighted by molar-refractivity contribution is 0.182. The van der Waals surface area contributed by atoms with Gasteiger partial charge in [0.2, 0.25) is 0 Å². The number of rotatable bonds is 5. The second kappa shape index (κ2) is 5.79. The third kappa shape index (κ3) is 3.00. The normalized spacial score (nSPS) is 12.3. The van der Waals surface area contributed by atoms with Crippen LogP contribution in [0.25, 0.3) is 21.8 Å². The van der Waals surface area contributed by atoms with E-state index in [2.05, 4.69) is 16.1 Å². The van der Waals surface area contributed by atoms with Crippen LogP contribution < -0.4 is 11.5 Å². The molecule has 0 radical (unpaired) electrons. The van der Waals surface area contributed by atoms with Gasteiger partial charge in [0.05, 0.1) is 18.7 Å². The first kappa shape index (κ1) is 15.7. The van der Waals surface area contributed by atoms with Crippen LogP contribution in [0.2, 0.25) is 0 Å². The SMILES string of the molecule is COCCn1nc2c(N)nc3ccccc3c2c1CC(C)(C)N. The zero-order valence-corrected chi connectivity index (χ0v) is 13.8. The van der Waals surface area contributed by atoms with Crippen LogP contribution in [-0.2, 0) is 17.7 Å². The van der Waals surface area contributed by atoms with Gasteiger partial charge in [-0.05, 0) is 19.9 Å². The van der Waals surface area contributed by atoms with Crippen molar-refractivity contribution in [1.82, 2.24) is 14.8 Å². The van der Waals surface area contributed by atoms with E-state index in [1.54, 1.807) is 7.11 Å². The Morgan fingerprint density at radius 1 is 1.26 bits per heavy atom. The van der Waals surface area contributed by atoms with Gasteiger partial charge in [0.1, 0.15) is 5.52 Å². The number of para-hydroxylation sites is 1. The molecule has 2 aromatic heterocycles. The van der Waals surface area contributed by atoms with E-state index >= 15 is 0 Å². The van der Waals surface area contributed by atoms with Crippen molar-refractivity contribution in [2.24, 2.45) is 5.73 Å². The number of fused-ring (bicyclic) bond motifs is 3. The minimum Gasteiger partial charge on any atom is -0.383 e. The Balaban J connectivity index is 2.32. The Kier molecular flexibility index (Phi) is 3.95. The van der Waals surface area contributed by atoms with E-state index < -0.39 is 0 Å². The van der Waals surface area contributed by atoms with Crippen molar-refractivity contribution in [2.45, 2.75) is 32.4 Å². The number of pyridine rings is 1. The highest BCUT2D eigenvalue weighted by molar-refractivity contribution is 6.09. The van der Waals surface area contributed by atoms with Crippen molar-refractivity contribution in [3.8, 4) is 0 Å². The van der Waals surface area contributed by atoms with Gasteiger partial charge in [-0.1, -0.05) is 18.2 Å². The largest absolute Gasteiger partial charge is 0.383 e. The molecule has 0 aliphatic carbocycles. The molecule has 1 aromatic carbocycles. The molecule has 6 heteroatoms. The van der Waals surface area contributed by atoms with Crippen LogP contribution in [-0.4, -0.2) is 34.0 Å². The van der Waals surface area contributed by atoms with Gasteiger partial charge in [-0.2, -0.15) is 5.10 Å². The highest BCUT2D eigenvalue weighted by atomic mass is 16.5. The summed E-state index contributed by atoms with van der Waals surface area (Å²) < 4.78 is 7.16. The zero-order valence-electron chi connectivity index (χ0n) is 13.8. The average Bonchev–Trinajstić information content (AvgIpc) is 2.83. The van der Waals surface area contributed by atoms with E-state index in [9.17, 15) is 0 Å². The van der Waals surface area contributed by atoms with E-state index in [1.165, 1.54) is 0 Å². The first-order chi connectivity index (χ1) is 10.9. The smallest absolute Gasteiger partial charge is 0.152 e. The third-order valence-corrected chi connectivity index (χ3v) is 3.84. The fraction of sp³-hybridized carbons (Fsp3) is 0.412. The number of aromatic nitrogens is 3. The minimum absolute atomic E-state index is 0.350. The molecule has 0 saturated heterocycles. The molecule has 0 amide bonds. The Hall–Kier alpha value is -2.18. The highest BCUT2D eigenvalue weighted by Gasteiger charge is 2.22. The average molecular weight is 313 g/mol. The molecule has 0 saturated carbocycles. The Labute approximate surface area is 135 Å². The van der Waals surface area contributed by atoms with Gasteiger partial charge in [-0.3, -0.25) is 4.68 Å². The molecule has 23 heavy (non-hydrogen) atoms. The molecule has 0 aliphatic rings. The summed E-state index contributed by atoms with van der Waals surface area (Å²) in [6, 6.07) is 7.99. The van der Waals surface area contributed by atoms with Gasteiger partial charge in [0.25, 0.3) is 0 Å². The Morgan fingerprint density at radius 2 is 2.00 bits per heavy atom. The molecule has 0 fully saturated rings. The zero-order chi connectivity index (χ0) is 16.6. The van der Waals surface area contributed by atoms with Crippen LogP contribution in [0.5, 0.6) is 0 Å². The summed E-state index contributed by atoms with van der Waals surface area (Å²) in [5.41, 5.74) is 14.8. The second-order valence-corrected chi connectivity index (χ2v) is 6.57. The van der Waals surface area contributed by atoms with E-state index in [0.29, 0.717) is 25.4 Å². The monoisotopic (exact) mass is 313 g/mol. The molecular formula is C17H23N5O. The van der Waals surface area contributed by atoms with E-state index in [1.807, 2.05) is 36.7 Å². The summed E-state index contributed by atoms with van der Waals surface area (Å²) in [7, 11) is 1.68. The lowest BCUT2D eigenvalue weighted by atomic mass is 9.96. The minimum atomic E-state index is -0.350. The topological polar surface area (TPSA) is 92.0 Å². The van der Waals surface area contributed by atoms with Gasteiger partial charge in [-0.15, -0.1) is 0 Å². The quantitative estimate of drug-likeness (QED) is 0.752. The number of hydrogen-bond donors (Lipinski definition) is 2. The van der Waals surface area contributed by atoms with Crippen molar-refractivity contribution in [2.75, 3.05) is 19.5 Å². The van der Waals surface area contributed by atoms with Crippen LogP contribution >= 0.6 is 0 Å². The lowest BCUT2D eigenvalue weighted by Gasteiger charge is -2.19. The fourth-order valence-electron chi connectivity index (χ4n) is 2.90. The molecule has 122 valence electrons. The summed E-state index contributed by atoms with van der Waals surface area (Å²) in [5.74, 6) is 0.450. The molecule has 3 aromatic rings. The van der Waals surface area contributed by atoms with Gasteiger partial charge < -0.3 is 16.2 Å². The van der Waals surface area contributed by atoms with Crippen molar-refractivity contribution in [1.29, 1.82) is 0 Å². The number of methoxy groups -OCH3 is 1. The second-order valence-electron chi connectivity index (χ2n) is 6.57. The number of anilines is 1. The summed E-state index contributed by atoms with van der Waals surface area (Å²) in [4.78, 5) is 4.47. The molecule has 0 unspecified atom stereocenters. The summed E-state index contributed by atoms with van der Waals surface area (Å²) in [6.07, 6.45) is 0.695. The maximum Gasteiger partial charge on any atom is 0.152 e. The molecule has 2 heterocycles. The molecule has 0 aliphatic heterocycles. The Morgan fingerprint density at radius 3 is 2.70 bits per heavy atom. The van der Waals surface area contributed by atoms with Crippen LogP contribution in [0.3, 0.4) is 0 Å². The van der Waals surface area contributed by atoms with Gasteiger partial charge >= 0.3 is 0 Å². The number of ether oxygens (including phenoxy) is 1. The van der Waals surface area contributed by atoms with Crippen LogP contribution in [0, 0.1) is 0 Å². The predicted molar refractivity (Wildman–Crippen MR) is 93.3 cm³/mol. The number of nitrogen functional groups attached to an aromatic ring is 1. The summed E-state index contributed by atoms with van der Waals surface area (Å²) in [5, 5.41) is 6.78. The fourth-order valence-corrected chi connectivity index (χ4v) is 2.90. The molecule has 4 N–H and O–H groups in total. The third-order valence-electron chi connectivity index (χ3n) is 3.84. The molecule has 0 bridgehead atoms. The standard InChI is InChI=1S/C17H23N5O/c1-17(2,19)10-13-14-11-6-4-5-7-12(11)20-16(18)15(14)21-22(13)8-9-23-3/h4-7H,8-10,19H2,1-3H3,(H2,18,20). The molecule has 3 rings (SSSR count). The first-order valence-corrected chi connectivity index (χ1v) is 7.72. The van der Waals surface area contributed by atoms with Crippen molar-refractivity contribution in [3.05, 3.63) is 30.0 Å². The molecule has 0 spiro atoms. The predicted octanol–water partition coefficient (Wildman–Crippen LogP) is 2.09. The first-order valence-electron chi connectivity index (χ1n) is 7.72. The Bertz CT molecular complexity index is 847. The number of benzene rings is 1. The maximum absolute atomic E-state index is 6.28. The van der Waals surface area contributed by atoms with Gasteiger partial charge in [0, 0.05) is 35.5 Å². The van der Waals surface area contributed by atoms with E-state index in [4.69, 9.17) is 16.2 Å².